The zero-order chi connectivity index (χ0) is 13.3. The van der Waals surface area contributed by atoms with Gasteiger partial charge in [-0.2, -0.15) is 5.10 Å². The van der Waals surface area contributed by atoms with Crippen LogP contribution in [0.15, 0.2) is 18.2 Å². The van der Waals surface area contributed by atoms with E-state index in [0.717, 1.165) is 35.6 Å². The summed E-state index contributed by atoms with van der Waals surface area (Å²) in [4.78, 5) is 0. The van der Waals surface area contributed by atoms with Crippen LogP contribution in [0.5, 0.6) is 0 Å². The van der Waals surface area contributed by atoms with Crippen molar-refractivity contribution in [2.45, 2.75) is 26.7 Å². The molecule has 1 aromatic carbocycles. The first-order valence-corrected chi connectivity index (χ1v) is 6.65. The van der Waals surface area contributed by atoms with Gasteiger partial charge in [-0.3, -0.25) is 0 Å². The topological polar surface area (TPSA) is 43.8 Å². The van der Waals surface area contributed by atoms with E-state index in [4.69, 9.17) is 28.9 Å². The highest BCUT2D eigenvalue weighted by atomic mass is 35.5. The first-order valence-electron chi connectivity index (χ1n) is 5.90. The summed E-state index contributed by atoms with van der Waals surface area (Å²) in [6, 6.07) is 5.36. The third kappa shape index (κ3) is 2.20. The van der Waals surface area contributed by atoms with Crippen LogP contribution in [0.2, 0.25) is 10.0 Å². The molecule has 0 fully saturated rings. The minimum atomic E-state index is 0.572. The molecule has 0 bridgehead atoms. The van der Waals surface area contributed by atoms with Gasteiger partial charge >= 0.3 is 0 Å². The fourth-order valence-electron chi connectivity index (χ4n) is 1.97. The van der Waals surface area contributed by atoms with Crippen molar-refractivity contribution in [2.24, 2.45) is 0 Å². The largest absolute Gasteiger partial charge is 0.396 e. The highest BCUT2D eigenvalue weighted by Gasteiger charge is 2.15. The molecular weight excluding hydrogens is 269 g/mol. The van der Waals surface area contributed by atoms with Crippen LogP contribution in [0.1, 0.15) is 25.2 Å². The molecule has 2 rings (SSSR count). The maximum Gasteiger partial charge on any atom is 0.0858 e. The van der Waals surface area contributed by atoms with E-state index in [2.05, 4.69) is 5.10 Å². The lowest BCUT2D eigenvalue weighted by Gasteiger charge is -2.08. The van der Waals surface area contributed by atoms with Crippen molar-refractivity contribution in [1.29, 1.82) is 0 Å². The van der Waals surface area contributed by atoms with Crippen LogP contribution in [0.3, 0.4) is 0 Å². The second-order valence-corrected chi connectivity index (χ2v) is 4.87. The fraction of sp³-hybridized carbons (Fsp3) is 0.308. The van der Waals surface area contributed by atoms with Gasteiger partial charge in [-0.1, -0.05) is 37.0 Å². The number of aryl methyl sites for hydroxylation is 1. The van der Waals surface area contributed by atoms with Crippen LogP contribution in [0.4, 0.5) is 5.69 Å². The van der Waals surface area contributed by atoms with Gasteiger partial charge in [-0.25, -0.2) is 4.68 Å². The van der Waals surface area contributed by atoms with E-state index in [-0.39, 0.29) is 0 Å². The molecule has 0 saturated carbocycles. The number of nitrogens with two attached hydrogens (primary N) is 1. The summed E-state index contributed by atoms with van der Waals surface area (Å²) in [6.07, 6.45) is 1.61. The Morgan fingerprint density at radius 2 is 1.94 bits per heavy atom. The van der Waals surface area contributed by atoms with E-state index >= 15 is 0 Å². The zero-order valence-electron chi connectivity index (χ0n) is 10.4. The number of hydrogen-bond acceptors (Lipinski definition) is 2. The molecule has 18 heavy (non-hydrogen) atoms. The molecule has 0 saturated heterocycles. The van der Waals surface area contributed by atoms with Gasteiger partial charge in [0, 0.05) is 5.02 Å². The lowest BCUT2D eigenvalue weighted by Crippen LogP contribution is -2.03. The molecule has 0 unspecified atom stereocenters. The zero-order valence-corrected chi connectivity index (χ0v) is 11.9. The number of hydrogen-bond donors (Lipinski definition) is 1. The van der Waals surface area contributed by atoms with Crippen LogP contribution >= 0.6 is 23.2 Å². The van der Waals surface area contributed by atoms with Crippen LogP contribution in [-0.2, 0) is 12.8 Å². The minimum absolute atomic E-state index is 0.572. The summed E-state index contributed by atoms with van der Waals surface area (Å²) in [6.45, 7) is 4.08. The quantitative estimate of drug-likeness (QED) is 0.929. The Morgan fingerprint density at radius 3 is 2.50 bits per heavy atom. The molecule has 1 heterocycles. The lowest BCUT2D eigenvalue weighted by atomic mass is 10.2. The monoisotopic (exact) mass is 283 g/mol. The van der Waals surface area contributed by atoms with Crippen molar-refractivity contribution in [3.8, 4) is 5.69 Å². The number of nitrogen functional groups attached to an aromatic ring is 1. The summed E-state index contributed by atoms with van der Waals surface area (Å²) in [5.74, 6) is 0. The number of aromatic nitrogens is 2. The van der Waals surface area contributed by atoms with Crippen LogP contribution in [-0.4, -0.2) is 9.78 Å². The molecule has 0 amide bonds. The van der Waals surface area contributed by atoms with E-state index in [1.54, 1.807) is 12.1 Å². The lowest BCUT2D eigenvalue weighted by molar-refractivity contribution is 0.794. The van der Waals surface area contributed by atoms with Crippen molar-refractivity contribution >= 4 is 28.9 Å². The van der Waals surface area contributed by atoms with Crippen molar-refractivity contribution in [3.05, 3.63) is 39.6 Å². The molecular formula is C13H15Cl2N3. The Bertz CT molecular complexity index is 576. The van der Waals surface area contributed by atoms with Gasteiger partial charge in [0.1, 0.15) is 0 Å². The van der Waals surface area contributed by atoms with Gasteiger partial charge in [0.25, 0.3) is 0 Å². The molecule has 0 spiro atoms. The average Bonchev–Trinajstić information content (AvgIpc) is 2.65. The summed E-state index contributed by atoms with van der Waals surface area (Å²) in [7, 11) is 0. The number of anilines is 1. The second kappa shape index (κ2) is 5.21. The van der Waals surface area contributed by atoms with E-state index < -0.39 is 0 Å². The Balaban J connectivity index is 2.63. The van der Waals surface area contributed by atoms with Gasteiger partial charge in [0.15, 0.2) is 0 Å². The predicted molar refractivity (Wildman–Crippen MR) is 76.8 cm³/mol. The van der Waals surface area contributed by atoms with Crippen LogP contribution in [0, 0.1) is 0 Å². The van der Waals surface area contributed by atoms with Crippen molar-refractivity contribution in [2.75, 3.05) is 5.73 Å². The average molecular weight is 284 g/mol. The third-order valence-corrected chi connectivity index (χ3v) is 3.44. The van der Waals surface area contributed by atoms with Gasteiger partial charge < -0.3 is 5.73 Å². The third-order valence-electron chi connectivity index (χ3n) is 2.91. The standard InChI is InChI=1S/C13H15Cl2N3/c1-3-10-13(16)11(4-2)18(17-10)12-6-5-8(14)7-9(12)15/h5-7H,3-4,16H2,1-2H3. The molecule has 5 heteroatoms. The van der Waals surface area contributed by atoms with Crippen LogP contribution in [0.25, 0.3) is 5.69 Å². The van der Waals surface area contributed by atoms with Crippen LogP contribution < -0.4 is 5.73 Å². The summed E-state index contributed by atoms with van der Waals surface area (Å²) in [5, 5.41) is 5.70. The Labute approximate surface area is 117 Å². The first kappa shape index (κ1) is 13.2. The molecule has 1 aromatic heterocycles. The number of nitrogens with zero attached hydrogens (tertiary/aromatic N) is 2. The molecule has 2 N–H and O–H groups in total. The minimum Gasteiger partial charge on any atom is -0.396 e. The maximum atomic E-state index is 6.21. The smallest absolute Gasteiger partial charge is 0.0858 e. The van der Waals surface area contributed by atoms with E-state index in [0.29, 0.717) is 10.0 Å². The summed E-state index contributed by atoms with van der Waals surface area (Å²) in [5.41, 5.74) is 9.54. The molecule has 0 atom stereocenters. The van der Waals surface area contributed by atoms with E-state index in [1.807, 2.05) is 24.6 Å². The van der Waals surface area contributed by atoms with Crippen molar-refractivity contribution in [3.63, 3.8) is 0 Å². The number of benzene rings is 1. The number of halogens is 2. The molecule has 3 nitrogen and oxygen atoms in total. The Kier molecular flexibility index (Phi) is 3.83. The van der Waals surface area contributed by atoms with Gasteiger partial charge in [-0.05, 0) is 31.0 Å². The highest BCUT2D eigenvalue weighted by Crippen LogP contribution is 2.28. The number of rotatable bonds is 3. The predicted octanol–water partition coefficient (Wildman–Crippen LogP) is 3.89. The molecule has 0 aliphatic rings. The van der Waals surface area contributed by atoms with E-state index in [9.17, 15) is 0 Å². The van der Waals surface area contributed by atoms with Gasteiger partial charge in [0.05, 0.1) is 27.8 Å². The van der Waals surface area contributed by atoms with Crippen molar-refractivity contribution < 1.29 is 0 Å². The Morgan fingerprint density at radius 1 is 1.22 bits per heavy atom. The fourth-order valence-corrected chi connectivity index (χ4v) is 2.46. The summed E-state index contributed by atoms with van der Waals surface area (Å²) >= 11 is 12.1. The second-order valence-electron chi connectivity index (χ2n) is 4.02. The van der Waals surface area contributed by atoms with Gasteiger partial charge in [0.2, 0.25) is 0 Å². The maximum absolute atomic E-state index is 6.21. The molecule has 0 radical (unpaired) electrons. The van der Waals surface area contributed by atoms with E-state index in [1.165, 1.54) is 0 Å². The SMILES string of the molecule is CCc1nn(-c2ccc(Cl)cc2Cl)c(CC)c1N. The molecule has 96 valence electrons. The molecule has 0 aliphatic carbocycles. The highest BCUT2D eigenvalue weighted by molar-refractivity contribution is 6.35. The first-order chi connectivity index (χ1) is 8.58. The normalized spacial score (nSPS) is 10.9. The van der Waals surface area contributed by atoms with Gasteiger partial charge in [-0.15, -0.1) is 0 Å². The van der Waals surface area contributed by atoms with Crippen molar-refractivity contribution in [1.82, 2.24) is 9.78 Å². The molecule has 0 aliphatic heterocycles. The Hall–Kier alpha value is -1.19. The molecule has 2 aromatic rings. The summed E-state index contributed by atoms with van der Waals surface area (Å²) < 4.78 is 1.81.